The smallest absolute Gasteiger partial charge is 0.410 e. The van der Waals surface area contributed by atoms with Gasteiger partial charge in [0.05, 0.1) is 6.07 Å². The van der Waals surface area contributed by atoms with E-state index < -0.39 is 0 Å². The summed E-state index contributed by atoms with van der Waals surface area (Å²) in [6, 6.07) is 18.4. The Kier molecular flexibility index (Phi) is 3.70. The van der Waals surface area contributed by atoms with Crippen LogP contribution in [0, 0.1) is 11.3 Å². The predicted molar refractivity (Wildman–Crippen MR) is 90.4 cm³/mol. The van der Waals surface area contributed by atoms with Crippen molar-refractivity contribution in [3.63, 3.8) is 0 Å². The molecule has 2 aliphatic rings. The molecule has 0 spiro atoms. The van der Waals surface area contributed by atoms with Gasteiger partial charge in [-0.05, 0) is 35.1 Å². The molecule has 2 aromatic rings. The number of ether oxygens (including phenoxy) is 1. The Morgan fingerprint density at radius 3 is 2.38 bits per heavy atom. The van der Waals surface area contributed by atoms with Gasteiger partial charge in [-0.1, -0.05) is 48.5 Å². The lowest BCUT2D eigenvalue weighted by Gasteiger charge is -2.21. The van der Waals surface area contributed by atoms with Gasteiger partial charge in [0.1, 0.15) is 12.6 Å². The van der Waals surface area contributed by atoms with Crippen molar-refractivity contribution in [3.05, 3.63) is 59.7 Å². The third-order valence-corrected chi connectivity index (χ3v) is 4.97. The van der Waals surface area contributed by atoms with E-state index in [0.29, 0.717) is 13.2 Å². The Morgan fingerprint density at radius 2 is 1.75 bits per heavy atom. The highest BCUT2D eigenvalue weighted by Crippen LogP contribution is 2.44. The minimum atomic E-state index is -0.374. The Bertz CT molecular complexity index is 779. The van der Waals surface area contributed by atoms with Crippen molar-refractivity contribution in [1.29, 1.82) is 5.26 Å². The van der Waals surface area contributed by atoms with Crippen molar-refractivity contribution in [2.75, 3.05) is 13.2 Å². The average Bonchev–Trinajstić information content (AvgIpc) is 3.22. The summed E-state index contributed by atoms with van der Waals surface area (Å²) in [5.41, 5.74) is 4.82. The number of rotatable bonds is 2. The van der Waals surface area contributed by atoms with E-state index in [1.165, 1.54) is 22.3 Å². The first-order valence-corrected chi connectivity index (χ1v) is 8.31. The van der Waals surface area contributed by atoms with Crippen LogP contribution < -0.4 is 0 Å². The first kappa shape index (κ1) is 14.8. The minimum absolute atomic E-state index is 0.0597. The van der Waals surface area contributed by atoms with Crippen LogP contribution in [0.1, 0.15) is 29.9 Å². The molecule has 1 heterocycles. The molecule has 4 nitrogen and oxygen atoms in total. The zero-order valence-corrected chi connectivity index (χ0v) is 13.3. The van der Waals surface area contributed by atoms with Gasteiger partial charge in [-0.25, -0.2) is 4.79 Å². The predicted octanol–water partition coefficient (Wildman–Crippen LogP) is 3.92. The summed E-state index contributed by atoms with van der Waals surface area (Å²) in [4.78, 5) is 13.9. The molecular weight excluding hydrogens is 300 g/mol. The highest BCUT2D eigenvalue weighted by Gasteiger charge is 2.32. The van der Waals surface area contributed by atoms with Gasteiger partial charge in [-0.2, -0.15) is 5.26 Å². The van der Waals surface area contributed by atoms with E-state index in [9.17, 15) is 4.79 Å². The fraction of sp³-hybridized carbons (Fsp3) is 0.300. The Hall–Kier alpha value is -2.80. The van der Waals surface area contributed by atoms with E-state index in [1.807, 2.05) is 24.3 Å². The summed E-state index contributed by atoms with van der Waals surface area (Å²) in [5.74, 6) is 0.0597. The molecule has 0 N–H and O–H groups in total. The average molecular weight is 318 g/mol. The van der Waals surface area contributed by atoms with Crippen LogP contribution in [0.4, 0.5) is 4.79 Å². The van der Waals surface area contributed by atoms with Crippen LogP contribution in [0.2, 0.25) is 0 Å². The normalized spacial score (nSPS) is 18.8. The number of benzene rings is 2. The number of fused-ring (bicyclic) bond motifs is 3. The van der Waals surface area contributed by atoms with Crippen LogP contribution in [0.25, 0.3) is 11.1 Å². The van der Waals surface area contributed by atoms with Crippen molar-refractivity contribution in [1.82, 2.24) is 4.90 Å². The zero-order chi connectivity index (χ0) is 16.5. The van der Waals surface area contributed by atoms with Gasteiger partial charge < -0.3 is 4.74 Å². The summed E-state index contributed by atoms with van der Waals surface area (Å²) < 4.78 is 5.59. The molecule has 1 atom stereocenters. The Morgan fingerprint density at radius 1 is 1.12 bits per heavy atom. The summed E-state index contributed by atoms with van der Waals surface area (Å²) >= 11 is 0. The third-order valence-electron chi connectivity index (χ3n) is 4.97. The number of nitrogens with zero attached hydrogens (tertiary/aromatic N) is 2. The molecule has 4 rings (SSSR count). The van der Waals surface area contributed by atoms with Gasteiger partial charge in [0.25, 0.3) is 0 Å². The van der Waals surface area contributed by atoms with Gasteiger partial charge in [0, 0.05) is 12.5 Å². The zero-order valence-electron chi connectivity index (χ0n) is 13.3. The maximum absolute atomic E-state index is 12.3. The van der Waals surface area contributed by atoms with Crippen LogP contribution >= 0.6 is 0 Å². The van der Waals surface area contributed by atoms with Gasteiger partial charge in [-0.3, -0.25) is 4.90 Å². The highest BCUT2D eigenvalue weighted by atomic mass is 16.6. The molecule has 24 heavy (non-hydrogen) atoms. The number of amides is 1. The number of carbonyl (C=O) groups is 1. The molecule has 1 saturated heterocycles. The van der Waals surface area contributed by atoms with Gasteiger partial charge >= 0.3 is 6.09 Å². The van der Waals surface area contributed by atoms with E-state index in [-0.39, 0.29) is 18.1 Å². The first-order chi connectivity index (χ1) is 11.8. The molecule has 0 unspecified atom stereocenters. The summed E-state index contributed by atoms with van der Waals surface area (Å²) in [6.45, 7) is 0.913. The number of carbonyl (C=O) groups excluding carboxylic acids is 1. The maximum Gasteiger partial charge on any atom is 0.410 e. The fourth-order valence-corrected chi connectivity index (χ4v) is 3.80. The fourth-order valence-electron chi connectivity index (χ4n) is 3.80. The summed E-state index contributed by atoms with van der Waals surface area (Å²) in [6.07, 6.45) is 1.23. The van der Waals surface area contributed by atoms with Crippen LogP contribution in [0.5, 0.6) is 0 Å². The van der Waals surface area contributed by atoms with Crippen LogP contribution in [0.15, 0.2) is 48.5 Å². The van der Waals surface area contributed by atoms with Gasteiger partial charge in [-0.15, -0.1) is 0 Å². The third kappa shape index (κ3) is 2.33. The molecular formula is C20H18N2O2. The Labute approximate surface area is 141 Å². The molecule has 1 aliphatic carbocycles. The quantitative estimate of drug-likeness (QED) is 0.843. The van der Waals surface area contributed by atoms with E-state index in [2.05, 4.69) is 30.3 Å². The van der Waals surface area contributed by atoms with Gasteiger partial charge in [0.2, 0.25) is 0 Å². The molecule has 1 fully saturated rings. The van der Waals surface area contributed by atoms with Crippen molar-refractivity contribution in [2.24, 2.45) is 0 Å². The second kappa shape index (κ2) is 6.01. The monoisotopic (exact) mass is 318 g/mol. The number of likely N-dealkylation sites (tertiary alicyclic amines) is 1. The summed E-state index contributed by atoms with van der Waals surface area (Å²) in [7, 11) is 0. The Balaban J connectivity index is 1.55. The molecule has 0 aromatic heterocycles. The van der Waals surface area contributed by atoms with Crippen molar-refractivity contribution >= 4 is 6.09 Å². The molecule has 1 amide bonds. The lowest BCUT2D eigenvalue weighted by molar-refractivity contribution is 0.102. The second-order valence-corrected chi connectivity index (χ2v) is 6.28. The molecule has 120 valence electrons. The minimum Gasteiger partial charge on any atom is -0.448 e. The highest BCUT2D eigenvalue weighted by molar-refractivity contribution is 5.79. The molecule has 2 aromatic carbocycles. The molecule has 0 bridgehead atoms. The van der Waals surface area contributed by atoms with Crippen molar-refractivity contribution in [3.8, 4) is 17.2 Å². The van der Waals surface area contributed by atoms with Crippen LogP contribution in [-0.2, 0) is 4.74 Å². The number of nitriles is 1. The van der Waals surface area contributed by atoms with Gasteiger partial charge in [0.15, 0.2) is 0 Å². The SMILES string of the molecule is N#C[C@@H]1CCCN1C(=O)OCC1c2ccccc2-c2ccccc21. The number of hydrogen-bond donors (Lipinski definition) is 0. The van der Waals surface area contributed by atoms with E-state index >= 15 is 0 Å². The van der Waals surface area contributed by atoms with E-state index in [1.54, 1.807) is 4.90 Å². The molecule has 0 radical (unpaired) electrons. The van der Waals surface area contributed by atoms with E-state index in [0.717, 1.165) is 12.8 Å². The standard InChI is InChI=1S/C20H18N2O2/c21-12-14-6-5-11-22(14)20(23)24-13-19-17-9-3-1-7-15(17)16-8-2-4-10-18(16)19/h1-4,7-10,14,19H,5-6,11,13H2/t14-/m0/s1. The number of hydrogen-bond acceptors (Lipinski definition) is 3. The van der Waals surface area contributed by atoms with Crippen LogP contribution in [0.3, 0.4) is 0 Å². The van der Waals surface area contributed by atoms with E-state index in [4.69, 9.17) is 10.00 Å². The first-order valence-electron chi connectivity index (χ1n) is 8.31. The molecule has 0 saturated carbocycles. The largest absolute Gasteiger partial charge is 0.448 e. The second-order valence-electron chi connectivity index (χ2n) is 6.28. The molecule has 1 aliphatic heterocycles. The molecule has 4 heteroatoms. The maximum atomic E-state index is 12.3. The van der Waals surface area contributed by atoms with Crippen molar-refractivity contribution in [2.45, 2.75) is 24.8 Å². The lowest BCUT2D eigenvalue weighted by Crippen LogP contribution is -2.35. The van der Waals surface area contributed by atoms with Crippen LogP contribution in [-0.4, -0.2) is 30.2 Å². The topological polar surface area (TPSA) is 53.3 Å². The summed E-state index contributed by atoms with van der Waals surface area (Å²) in [5, 5.41) is 9.13. The van der Waals surface area contributed by atoms with Crippen molar-refractivity contribution < 1.29 is 9.53 Å². The lowest BCUT2D eigenvalue weighted by atomic mass is 9.98.